The minimum atomic E-state index is -2.65. The van der Waals surface area contributed by atoms with E-state index in [9.17, 15) is 18.9 Å². The molecule has 10 rings (SSSR count). The fourth-order valence-corrected chi connectivity index (χ4v) is 14.9. The number of ether oxygens (including phenoxy) is 1. The monoisotopic (exact) mass is 1040 g/mol. The van der Waals surface area contributed by atoms with Crippen molar-refractivity contribution in [3.63, 3.8) is 0 Å². The number of piperidine rings is 2. The molecule has 3 amide bonds. The van der Waals surface area contributed by atoms with Crippen LogP contribution < -0.4 is 35.8 Å². The second-order valence-electron chi connectivity index (χ2n) is 19.3. The molecular formula is C51H58BrF2N10O5P. The predicted octanol–water partition coefficient (Wildman–Crippen LogP) is 8.12. The molecule has 3 aromatic carbocycles. The number of amides is 3. The minimum Gasteiger partial charge on any atom is -0.494 e. The van der Waals surface area contributed by atoms with Crippen LogP contribution in [0, 0.1) is 31.4 Å². The van der Waals surface area contributed by atoms with E-state index in [1.165, 1.54) is 12.1 Å². The zero-order chi connectivity index (χ0) is 48.8. The highest BCUT2D eigenvalue weighted by atomic mass is 79.9. The van der Waals surface area contributed by atoms with Crippen LogP contribution in [0.3, 0.4) is 0 Å². The van der Waals surface area contributed by atoms with Gasteiger partial charge in [-0.25, -0.2) is 13.8 Å². The van der Waals surface area contributed by atoms with Gasteiger partial charge in [-0.15, -0.1) is 0 Å². The summed E-state index contributed by atoms with van der Waals surface area (Å²) in [5.74, 6) is -2.45. The molecule has 7 heterocycles. The number of aromatic nitrogens is 3. The third kappa shape index (κ3) is 9.58. The van der Waals surface area contributed by atoms with Crippen molar-refractivity contribution in [3.8, 4) is 5.75 Å². The van der Waals surface area contributed by atoms with Crippen LogP contribution in [0.5, 0.6) is 5.75 Å². The first kappa shape index (κ1) is 47.9. The number of rotatable bonds is 11. The molecule has 0 radical (unpaired) electrons. The number of pyridine rings is 1. The molecular weight excluding hydrogens is 981 g/mol. The zero-order valence-corrected chi connectivity index (χ0v) is 42.2. The lowest BCUT2D eigenvalue weighted by atomic mass is 9.89. The van der Waals surface area contributed by atoms with Gasteiger partial charge in [-0.05, 0) is 110 Å². The summed E-state index contributed by atoms with van der Waals surface area (Å²) in [6.07, 6.45) is 7.58. The van der Waals surface area contributed by atoms with E-state index < -0.39 is 36.5 Å². The van der Waals surface area contributed by atoms with Crippen LogP contribution in [0.2, 0.25) is 0 Å². The summed E-state index contributed by atoms with van der Waals surface area (Å²) in [6, 6.07) is 15.0. The Kier molecular flexibility index (Phi) is 13.6. The molecule has 5 aliphatic rings. The number of aryl methyl sites for hydroxylation is 2. The topological polar surface area (TPSA) is 165 Å². The zero-order valence-electron chi connectivity index (χ0n) is 39.7. The number of hydrogen-bond donors (Lipinski definition) is 3. The molecule has 0 bridgehead atoms. The lowest BCUT2D eigenvalue weighted by molar-refractivity contribution is -0.137. The highest BCUT2D eigenvalue weighted by molar-refractivity contribution is 9.10. The van der Waals surface area contributed by atoms with E-state index in [-0.39, 0.29) is 30.2 Å². The molecule has 3 N–H and O–H groups in total. The number of fused-ring (bicyclic) bond motifs is 1. The van der Waals surface area contributed by atoms with Gasteiger partial charge < -0.3 is 34.6 Å². The van der Waals surface area contributed by atoms with Gasteiger partial charge in [-0.3, -0.25) is 29.6 Å². The summed E-state index contributed by atoms with van der Waals surface area (Å²) >= 11 is 3.64. The number of hydrogen-bond acceptors (Lipinski definition) is 13. The number of nitrogens with zero attached hydrogens (tertiary/aromatic N) is 7. The van der Waals surface area contributed by atoms with Crippen LogP contribution in [0.1, 0.15) is 67.7 Å². The lowest BCUT2D eigenvalue weighted by Gasteiger charge is -2.44. The molecule has 0 saturated carbocycles. The Morgan fingerprint density at radius 1 is 0.857 bits per heavy atom. The van der Waals surface area contributed by atoms with Gasteiger partial charge in [-0.2, -0.15) is 4.98 Å². The molecule has 5 saturated heterocycles. The van der Waals surface area contributed by atoms with Crippen molar-refractivity contribution >= 4 is 91.5 Å². The average molecular weight is 1040 g/mol. The van der Waals surface area contributed by atoms with Gasteiger partial charge in [0, 0.05) is 123 Å². The molecule has 0 aliphatic carbocycles. The van der Waals surface area contributed by atoms with Crippen molar-refractivity contribution < 1.29 is 32.5 Å². The molecule has 5 fully saturated rings. The Balaban J connectivity index is 0.737. The smallest absolute Gasteiger partial charge is 0.234 e. The van der Waals surface area contributed by atoms with E-state index in [1.807, 2.05) is 41.0 Å². The van der Waals surface area contributed by atoms with Gasteiger partial charge in [0.25, 0.3) is 0 Å². The standard InChI is InChI=1S/C51H58BrF2N10O5P/c1-30-24-42(58-51-55-28-37(52)48(60-51)57-41-10-9-40-35(7-6-31(2)56-40)47(41)70(68)22-4-5-23-70)44(69-3)27-43(30)62-16-13-33(14-17-62)61-18-20-63(21-19-61)50(67)32-12-15-64(29-32)34-25-38(53)46(39(54)26-34)36-8-11-45(65)59-49(36)66/h6-7,9-10,24-28,32-33,36H,4-5,8,11-23,29H2,1-3H3,(H,59,65,66)(H2,55,57,58,60)/t32-,36?/m1/s1. The number of piperazine rings is 1. The maximum atomic E-state index is 15.3. The summed E-state index contributed by atoms with van der Waals surface area (Å²) in [5.41, 5.74) is 5.45. The van der Waals surface area contributed by atoms with Crippen LogP contribution >= 0.6 is 23.1 Å². The summed E-state index contributed by atoms with van der Waals surface area (Å²) in [4.78, 5) is 60.6. The fourth-order valence-electron chi connectivity index (χ4n) is 11.2. The minimum absolute atomic E-state index is 0.0271. The Bertz CT molecular complexity index is 2900. The van der Waals surface area contributed by atoms with Crippen molar-refractivity contribution in [2.75, 3.05) is 92.2 Å². The average Bonchev–Trinajstić information content (AvgIpc) is 4.03. The van der Waals surface area contributed by atoms with Crippen LogP contribution in [-0.2, 0) is 18.9 Å². The molecule has 368 valence electrons. The summed E-state index contributed by atoms with van der Waals surface area (Å²) in [5, 5.41) is 10.8. The normalized spacial score (nSPS) is 21.1. The maximum Gasteiger partial charge on any atom is 0.234 e. The third-order valence-electron chi connectivity index (χ3n) is 14.9. The third-order valence-corrected chi connectivity index (χ3v) is 18.9. The van der Waals surface area contributed by atoms with Crippen LogP contribution in [0.4, 0.5) is 43.3 Å². The number of carbonyl (C=O) groups excluding carboxylic acids is 3. The van der Waals surface area contributed by atoms with Gasteiger partial charge in [-0.1, -0.05) is 6.07 Å². The van der Waals surface area contributed by atoms with Gasteiger partial charge in [0.1, 0.15) is 30.3 Å². The number of halogens is 3. The molecule has 15 nitrogen and oxygen atoms in total. The maximum absolute atomic E-state index is 15.3. The van der Waals surface area contributed by atoms with E-state index in [1.54, 1.807) is 13.3 Å². The Morgan fingerprint density at radius 2 is 1.59 bits per heavy atom. The number of anilines is 6. The highest BCUT2D eigenvalue weighted by Gasteiger charge is 2.38. The van der Waals surface area contributed by atoms with Gasteiger partial charge in [0.2, 0.25) is 23.7 Å². The summed E-state index contributed by atoms with van der Waals surface area (Å²) in [6.45, 7) is 9.50. The second kappa shape index (κ2) is 19.8. The number of carbonyl (C=O) groups is 3. The van der Waals surface area contributed by atoms with Crippen molar-refractivity contribution in [1.82, 2.24) is 30.1 Å². The first-order valence-corrected chi connectivity index (χ1v) is 27.2. The quantitative estimate of drug-likeness (QED) is 0.0859. The fraction of sp³-hybridized carbons (Fsp3) is 0.451. The largest absolute Gasteiger partial charge is 0.494 e. The van der Waals surface area contributed by atoms with E-state index in [4.69, 9.17) is 14.7 Å². The molecule has 2 aromatic heterocycles. The molecule has 5 aliphatic heterocycles. The van der Waals surface area contributed by atoms with Crippen molar-refractivity contribution in [3.05, 3.63) is 87.7 Å². The Hall–Kier alpha value is -5.71. The number of methoxy groups -OCH3 is 1. The van der Waals surface area contributed by atoms with Crippen LogP contribution in [0.25, 0.3) is 10.9 Å². The van der Waals surface area contributed by atoms with E-state index in [0.717, 1.165) is 96.4 Å². The molecule has 70 heavy (non-hydrogen) atoms. The second-order valence-corrected chi connectivity index (χ2v) is 23.3. The summed E-state index contributed by atoms with van der Waals surface area (Å²) < 4.78 is 51.7. The lowest BCUT2D eigenvalue weighted by Crippen LogP contribution is -2.55. The number of nitrogens with one attached hydrogen (secondary N) is 3. The number of imide groups is 1. The van der Waals surface area contributed by atoms with E-state index in [2.05, 4.69) is 65.7 Å². The van der Waals surface area contributed by atoms with Crippen molar-refractivity contribution in [2.45, 2.75) is 70.8 Å². The molecule has 5 aromatic rings. The molecule has 19 heteroatoms. The van der Waals surface area contributed by atoms with Crippen LogP contribution in [-0.4, -0.2) is 120 Å². The SMILES string of the molecule is COc1cc(N2CCC(N3CCN(C(=O)[C@@H]4CCN(c5cc(F)c(C6CCC(=O)NC6=O)c(F)c5)C4)CC3)CC2)c(C)cc1Nc1ncc(Br)c(Nc2ccc3nc(C)ccc3c2P2(=O)CCCC2)n1. The summed E-state index contributed by atoms with van der Waals surface area (Å²) in [7, 11) is -0.993. The van der Waals surface area contributed by atoms with Crippen molar-refractivity contribution in [2.24, 2.45) is 5.92 Å². The Morgan fingerprint density at radius 3 is 2.30 bits per heavy atom. The van der Waals surface area contributed by atoms with Crippen LogP contribution in [0.15, 0.2) is 59.2 Å². The van der Waals surface area contributed by atoms with Gasteiger partial charge >= 0.3 is 0 Å². The molecule has 1 unspecified atom stereocenters. The number of benzene rings is 3. The molecule has 0 spiro atoms. The van der Waals surface area contributed by atoms with Crippen molar-refractivity contribution in [1.29, 1.82) is 0 Å². The first-order chi connectivity index (χ1) is 33.7. The van der Waals surface area contributed by atoms with E-state index >= 15 is 8.78 Å². The van der Waals surface area contributed by atoms with Gasteiger partial charge in [0.15, 0.2) is 0 Å². The first-order valence-electron chi connectivity index (χ1n) is 24.3. The predicted molar refractivity (Wildman–Crippen MR) is 272 cm³/mol. The molecule has 2 atom stereocenters. The van der Waals surface area contributed by atoms with E-state index in [0.29, 0.717) is 78.6 Å². The van der Waals surface area contributed by atoms with Gasteiger partial charge in [0.05, 0.1) is 40.3 Å². The Labute approximate surface area is 414 Å². The highest BCUT2D eigenvalue weighted by Crippen LogP contribution is 2.54.